The molecule has 0 radical (unpaired) electrons. The van der Waals surface area contributed by atoms with Crippen molar-refractivity contribution in [3.05, 3.63) is 29.8 Å². The lowest BCUT2D eigenvalue weighted by atomic mass is 10.1. The molecular weight excluding hydrogens is 328 g/mol. The molecule has 2 rings (SSSR count). The Labute approximate surface area is 144 Å². The second-order valence-corrected chi connectivity index (χ2v) is 8.28. The number of hydrogen-bond acceptors (Lipinski definition) is 4. The zero-order valence-corrected chi connectivity index (χ0v) is 15.1. The minimum Gasteiger partial charge on any atom is -0.480 e. The molecule has 0 atom stereocenters. The number of carbonyl (C=O) groups is 1. The summed E-state index contributed by atoms with van der Waals surface area (Å²) in [6.07, 6.45) is 3.28. The third-order valence-corrected chi connectivity index (χ3v) is 6.44. The molecule has 0 bridgehead atoms. The minimum absolute atomic E-state index is 0.0176. The number of benzene rings is 1. The highest BCUT2D eigenvalue weighted by atomic mass is 32.2. The maximum absolute atomic E-state index is 12.7. The monoisotopic (exact) mass is 354 g/mol. The van der Waals surface area contributed by atoms with Crippen LogP contribution in [-0.4, -0.2) is 61.4 Å². The summed E-state index contributed by atoms with van der Waals surface area (Å²) in [5.74, 6) is -0.861. The summed E-state index contributed by atoms with van der Waals surface area (Å²) in [7, 11) is -1.69. The fourth-order valence-corrected chi connectivity index (χ4v) is 4.60. The van der Waals surface area contributed by atoms with Crippen LogP contribution >= 0.6 is 0 Å². The lowest BCUT2D eigenvalue weighted by molar-refractivity contribution is -0.138. The molecule has 7 heteroatoms. The highest BCUT2D eigenvalue weighted by molar-refractivity contribution is 7.89. The van der Waals surface area contributed by atoms with E-state index >= 15 is 0 Å². The summed E-state index contributed by atoms with van der Waals surface area (Å²) in [6, 6.07) is 7.24. The van der Waals surface area contributed by atoms with Gasteiger partial charge in [0, 0.05) is 19.1 Å². The van der Waals surface area contributed by atoms with Crippen molar-refractivity contribution >= 4 is 16.0 Å². The van der Waals surface area contributed by atoms with Crippen LogP contribution in [0, 0.1) is 0 Å². The normalized spacial score (nSPS) is 17.3. The van der Waals surface area contributed by atoms with Gasteiger partial charge in [0.1, 0.15) is 0 Å². The van der Waals surface area contributed by atoms with E-state index in [0.717, 1.165) is 18.4 Å². The van der Waals surface area contributed by atoms with E-state index in [9.17, 15) is 13.2 Å². The van der Waals surface area contributed by atoms with Gasteiger partial charge in [0.2, 0.25) is 10.0 Å². The number of carboxylic acids is 1. The van der Waals surface area contributed by atoms with Gasteiger partial charge in [-0.2, -0.15) is 4.31 Å². The minimum atomic E-state index is -3.47. The lowest BCUT2D eigenvalue weighted by Gasteiger charge is -2.35. The second kappa shape index (κ2) is 8.09. The van der Waals surface area contributed by atoms with Crippen LogP contribution in [0.3, 0.4) is 0 Å². The Balaban J connectivity index is 2.00. The van der Waals surface area contributed by atoms with Crippen molar-refractivity contribution in [1.29, 1.82) is 0 Å². The number of nitrogens with zero attached hydrogens (tertiary/aromatic N) is 2. The van der Waals surface area contributed by atoms with Crippen molar-refractivity contribution in [2.24, 2.45) is 0 Å². The van der Waals surface area contributed by atoms with Crippen LogP contribution in [-0.2, 0) is 21.2 Å². The molecule has 0 amide bonds. The predicted molar refractivity (Wildman–Crippen MR) is 92.5 cm³/mol. The Morgan fingerprint density at radius 2 is 1.83 bits per heavy atom. The molecule has 1 aromatic rings. The number of hydrogen-bond donors (Lipinski definition) is 1. The SMILES string of the molecule is CCCc1ccc(S(=O)(=O)N2CCC(N(C)CC(=O)O)CC2)cc1. The van der Waals surface area contributed by atoms with E-state index in [1.54, 1.807) is 24.1 Å². The van der Waals surface area contributed by atoms with E-state index in [-0.39, 0.29) is 12.6 Å². The quantitative estimate of drug-likeness (QED) is 0.808. The zero-order chi connectivity index (χ0) is 17.7. The Morgan fingerprint density at radius 1 is 1.25 bits per heavy atom. The first kappa shape index (κ1) is 18.9. The van der Waals surface area contributed by atoms with Crippen molar-refractivity contribution in [3.8, 4) is 0 Å². The molecule has 134 valence electrons. The Kier molecular flexibility index (Phi) is 6.37. The predicted octanol–water partition coefficient (Wildman–Crippen LogP) is 1.81. The van der Waals surface area contributed by atoms with Crippen LogP contribution in [0.15, 0.2) is 29.2 Å². The van der Waals surface area contributed by atoms with Gasteiger partial charge in [0.05, 0.1) is 11.4 Å². The number of piperidine rings is 1. The van der Waals surface area contributed by atoms with Crippen LogP contribution in [0.1, 0.15) is 31.7 Å². The first-order valence-corrected chi connectivity index (χ1v) is 9.79. The molecule has 0 unspecified atom stereocenters. The Bertz CT molecular complexity index is 650. The van der Waals surface area contributed by atoms with Crippen molar-refractivity contribution in [2.45, 2.75) is 43.5 Å². The van der Waals surface area contributed by atoms with Crippen LogP contribution in [0.4, 0.5) is 0 Å². The van der Waals surface area contributed by atoms with Crippen LogP contribution in [0.5, 0.6) is 0 Å². The summed E-state index contributed by atoms with van der Waals surface area (Å²) in [5, 5.41) is 8.86. The average molecular weight is 354 g/mol. The Morgan fingerprint density at radius 3 is 2.33 bits per heavy atom. The fraction of sp³-hybridized carbons (Fsp3) is 0.588. The van der Waals surface area contributed by atoms with E-state index in [2.05, 4.69) is 6.92 Å². The topological polar surface area (TPSA) is 77.9 Å². The van der Waals surface area contributed by atoms with Gasteiger partial charge in [0.25, 0.3) is 0 Å². The van der Waals surface area contributed by atoms with E-state index < -0.39 is 16.0 Å². The number of carboxylic acid groups (broad SMARTS) is 1. The summed E-state index contributed by atoms with van der Waals surface area (Å²) in [6.45, 7) is 2.92. The van der Waals surface area contributed by atoms with Crippen LogP contribution in [0.25, 0.3) is 0 Å². The molecular formula is C17H26N2O4S. The lowest BCUT2D eigenvalue weighted by Crippen LogP contribution is -2.46. The smallest absolute Gasteiger partial charge is 0.317 e. The molecule has 1 saturated heterocycles. The molecule has 0 aromatic heterocycles. The molecule has 0 spiro atoms. The maximum atomic E-state index is 12.7. The van der Waals surface area contributed by atoms with Gasteiger partial charge in [-0.1, -0.05) is 25.5 Å². The molecule has 24 heavy (non-hydrogen) atoms. The number of aryl methyl sites for hydroxylation is 1. The summed E-state index contributed by atoms with van der Waals surface area (Å²) in [5.41, 5.74) is 1.14. The zero-order valence-electron chi connectivity index (χ0n) is 14.3. The highest BCUT2D eigenvalue weighted by Crippen LogP contribution is 2.23. The third kappa shape index (κ3) is 4.55. The molecule has 0 aliphatic carbocycles. The third-order valence-electron chi connectivity index (χ3n) is 4.53. The largest absolute Gasteiger partial charge is 0.480 e. The van der Waals surface area contributed by atoms with E-state index in [4.69, 9.17) is 5.11 Å². The average Bonchev–Trinajstić information content (AvgIpc) is 2.55. The van der Waals surface area contributed by atoms with Gasteiger partial charge in [-0.25, -0.2) is 8.42 Å². The molecule has 1 aromatic carbocycles. The van der Waals surface area contributed by atoms with Gasteiger partial charge >= 0.3 is 5.97 Å². The van der Waals surface area contributed by atoms with Gasteiger partial charge in [-0.05, 0) is 44.0 Å². The van der Waals surface area contributed by atoms with Crippen molar-refractivity contribution in [3.63, 3.8) is 0 Å². The van der Waals surface area contributed by atoms with Gasteiger partial charge < -0.3 is 5.11 Å². The van der Waals surface area contributed by atoms with Crippen molar-refractivity contribution < 1.29 is 18.3 Å². The fourth-order valence-electron chi connectivity index (χ4n) is 3.13. The van der Waals surface area contributed by atoms with Crippen LogP contribution < -0.4 is 0 Å². The number of aliphatic carboxylic acids is 1. The molecule has 0 saturated carbocycles. The molecule has 1 N–H and O–H groups in total. The van der Waals surface area contributed by atoms with Gasteiger partial charge in [-0.15, -0.1) is 0 Å². The summed E-state index contributed by atoms with van der Waals surface area (Å²) >= 11 is 0. The van der Waals surface area contributed by atoms with Gasteiger partial charge in [-0.3, -0.25) is 9.69 Å². The standard InChI is InChI=1S/C17H26N2O4S/c1-3-4-14-5-7-16(8-6-14)24(22,23)19-11-9-15(10-12-19)18(2)13-17(20)21/h5-8,15H,3-4,9-13H2,1-2H3,(H,20,21). The van der Waals surface area contributed by atoms with Crippen LogP contribution in [0.2, 0.25) is 0 Å². The molecule has 1 heterocycles. The second-order valence-electron chi connectivity index (χ2n) is 6.34. The molecule has 1 aliphatic rings. The number of sulfonamides is 1. The van der Waals surface area contributed by atoms with Crippen molar-refractivity contribution in [1.82, 2.24) is 9.21 Å². The van der Waals surface area contributed by atoms with E-state index in [1.807, 2.05) is 12.1 Å². The number of likely N-dealkylation sites (N-methyl/N-ethyl adjacent to an activating group) is 1. The first-order chi connectivity index (χ1) is 11.3. The Hall–Kier alpha value is -1.44. The molecule has 1 aliphatic heterocycles. The number of rotatable bonds is 7. The molecule has 6 nitrogen and oxygen atoms in total. The molecule has 1 fully saturated rings. The highest BCUT2D eigenvalue weighted by Gasteiger charge is 2.31. The van der Waals surface area contributed by atoms with E-state index in [0.29, 0.717) is 30.8 Å². The van der Waals surface area contributed by atoms with Gasteiger partial charge in [0.15, 0.2) is 0 Å². The van der Waals surface area contributed by atoms with Crippen molar-refractivity contribution in [2.75, 3.05) is 26.7 Å². The summed E-state index contributed by atoms with van der Waals surface area (Å²) < 4.78 is 27.0. The first-order valence-electron chi connectivity index (χ1n) is 8.35. The maximum Gasteiger partial charge on any atom is 0.317 e. The summed E-state index contributed by atoms with van der Waals surface area (Å²) in [4.78, 5) is 12.9. The van der Waals surface area contributed by atoms with E-state index in [1.165, 1.54) is 4.31 Å².